The molecule has 6 nitrogen and oxygen atoms in total. The standard InChI is InChI=1S/C26H30F4O6/c1-13(12-19(31)36-26(3,4)5)25(32)35-14(2)20(15-8-10-17(27)21(29)23(15)33-6)16-9-11-18(28)22(30)24(16)34-7/h8-11,13-14,20H,12H2,1-7H3/t13-,14+/m1/s1. The van der Waals surface area contributed by atoms with Gasteiger partial charge in [-0.3, -0.25) is 9.59 Å². The van der Waals surface area contributed by atoms with Crippen LogP contribution >= 0.6 is 0 Å². The fourth-order valence-electron chi connectivity index (χ4n) is 3.76. The Labute approximate surface area is 207 Å². The van der Waals surface area contributed by atoms with Gasteiger partial charge in [-0.2, -0.15) is 8.78 Å². The van der Waals surface area contributed by atoms with Crippen LogP contribution in [0, 0.1) is 29.2 Å². The highest BCUT2D eigenvalue weighted by Crippen LogP contribution is 2.42. The topological polar surface area (TPSA) is 71.1 Å². The monoisotopic (exact) mass is 514 g/mol. The second-order valence-electron chi connectivity index (χ2n) is 9.28. The third kappa shape index (κ3) is 6.67. The van der Waals surface area contributed by atoms with E-state index in [1.165, 1.54) is 26.0 Å². The summed E-state index contributed by atoms with van der Waals surface area (Å²) >= 11 is 0. The number of hydrogen-bond donors (Lipinski definition) is 0. The fraction of sp³-hybridized carbons (Fsp3) is 0.462. The van der Waals surface area contributed by atoms with Crippen molar-refractivity contribution in [2.75, 3.05) is 14.2 Å². The average Bonchev–Trinajstić information content (AvgIpc) is 2.77. The van der Waals surface area contributed by atoms with Gasteiger partial charge in [-0.1, -0.05) is 19.1 Å². The maximum atomic E-state index is 14.6. The van der Waals surface area contributed by atoms with Gasteiger partial charge in [0, 0.05) is 11.1 Å². The van der Waals surface area contributed by atoms with E-state index in [4.69, 9.17) is 18.9 Å². The van der Waals surface area contributed by atoms with E-state index in [0.29, 0.717) is 0 Å². The number of ether oxygens (including phenoxy) is 4. The fourth-order valence-corrected chi connectivity index (χ4v) is 3.76. The molecule has 0 spiro atoms. The van der Waals surface area contributed by atoms with Crippen molar-refractivity contribution in [1.82, 2.24) is 0 Å². The first-order valence-electron chi connectivity index (χ1n) is 11.2. The summed E-state index contributed by atoms with van der Waals surface area (Å²) in [5, 5.41) is 0. The highest BCUT2D eigenvalue weighted by molar-refractivity contribution is 5.80. The van der Waals surface area contributed by atoms with Crippen molar-refractivity contribution in [1.29, 1.82) is 0 Å². The molecule has 0 amide bonds. The van der Waals surface area contributed by atoms with E-state index in [2.05, 4.69) is 0 Å². The molecule has 2 aromatic carbocycles. The number of methoxy groups -OCH3 is 2. The summed E-state index contributed by atoms with van der Waals surface area (Å²) < 4.78 is 77.9. The van der Waals surface area contributed by atoms with Gasteiger partial charge < -0.3 is 18.9 Å². The highest BCUT2D eigenvalue weighted by Gasteiger charge is 2.34. The number of halogens is 4. The third-order valence-corrected chi connectivity index (χ3v) is 5.31. The lowest BCUT2D eigenvalue weighted by Crippen LogP contribution is -2.30. The minimum atomic E-state index is -1.31. The molecule has 10 heteroatoms. The second-order valence-corrected chi connectivity index (χ2v) is 9.28. The molecular weight excluding hydrogens is 484 g/mol. The minimum absolute atomic E-state index is 0.000744. The van der Waals surface area contributed by atoms with Crippen molar-refractivity contribution >= 4 is 11.9 Å². The van der Waals surface area contributed by atoms with Gasteiger partial charge in [0.25, 0.3) is 0 Å². The van der Waals surface area contributed by atoms with Crippen LogP contribution in [0.25, 0.3) is 0 Å². The first kappa shape index (κ1) is 28.9. The number of rotatable bonds is 9. The molecule has 0 saturated carbocycles. The lowest BCUT2D eigenvalue weighted by Gasteiger charge is -2.29. The van der Waals surface area contributed by atoms with E-state index in [1.54, 1.807) is 20.8 Å². The van der Waals surface area contributed by atoms with E-state index < -0.39 is 70.2 Å². The third-order valence-electron chi connectivity index (χ3n) is 5.31. The summed E-state index contributed by atoms with van der Waals surface area (Å²) in [5.41, 5.74) is -0.743. The summed E-state index contributed by atoms with van der Waals surface area (Å²) in [6, 6.07) is 4.06. The zero-order chi connectivity index (χ0) is 27.4. The van der Waals surface area contributed by atoms with Crippen molar-refractivity contribution in [2.45, 2.75) is 58.7 Å². The lowest BCUT2D eigenvalue weighted by molar-refractivity contribution is -0.163. The van der Waals surface area contributed by atoms with Crippen molar-refractivity contribution in [3.05, 3.63) is 58.7 Å². The molecule has 0 N–H and O–H groups in total. The SMILES string of the molecule is COc1c(C(c2ccc(F)c(F)c2OC)[C@H](C)OC(=O)[C@H](C)CC(=O)OC(C)(C)C)ccc(F)c1F. The summed E-state index contributed by atoms with van der Waals surface area (Å²) in [6.07, 6.45) is -1.41. The molecule has 2 atom stereocenters. The van der Waals surface area contributed by atoms with Crippen molar-refractivity contribution in [2.24, 2.45) is 5.92 Å². The normalized spacial score (nSPS) is 13.2. The molecule has 198 valence electrons. The van der Waals surface area contributed by atoms with Crippen LogP contribution in [-0.2, 0) is 19.1 Å². The molecule has 0 radical (unpaired) electrons. The molecule has 0 heterocycles. The number of hydrogen-bond acceptors (Lipinski definition) is 6. The van der Waals surface area contributed by atoms with E-state index in [-0.39, 0.29) is 17.5 Å². The molecule has 0 aliphatic carbocycles. The van der Waals surface area contributed by atoms with Gasteiger partial charge in [0.05, 0.1) is 32.5 Å². The van der Waals surface area contributed by atoms with E-state index in [0.717, 1.165) is 26.4 Å². The molecule has 0 aliphatic heterocycles. The number of carbonyl (C=O) groups is 2. The number of carbonyl (C=O) groups excluding carboxylic acids is 2. The Balaban J connectivity index is 2.50. The molecule has 36 heavy (non-hydrogen) atoms. The Morgan fingerprint density at radius 1 is 0.833 bits per heavy atom. The van der Waals surface area contributed by atoms with Crippen LogP contribution < -0.4 is 9.47 Å². The van der Waals surface area contributed by atoms with Crippen LogP contribution in [0.4, 0.5) is 17.6 Å². The Morgan fingerprint density at radius 3 is 1.67 bits per heavy atom. The molecule has 0 unspecified atom stereocenters. The number of esters is 2. The lowest BCUT2D eigenvalue weighted by atomic mass is 9.85. The summed E-state index contributed by atoms with van der Waals surface area (Å²) in [4.78, 5) is 24.9. The van der Waals surface area contributed by atoms with Gasteiger partial charge in [0.1, 0.15) is 11.7 Å². The quantitative estimate of drug-likeness (QED) is 0.316. The molecule has 0 aliphatic rings. The van der Waals surface area contributed by atoms with Gasteiger partial charge in [-0.25, -0.2) is 8.78 Å². The first-order chi connectivity index (χ1) is 16.7. The molecule has 0 saturated heterocycles. The summed E-state index contributed by atoms with van der Waals surface area (Å²) in [7, 11) is 2.22. The van der Waals surface area contributed by atoms with E-state index >= 15 is 0 Å². The zero-order valence-electron chi connectivity index (χ0n) is 21.2. The maximum absolute atomic E-state index is 14.6. The average molecular weight is 515 g/mol. The van der Waals surface area contributed by atoms with Gasteiger partial charge in [0.2, 0.25) is 11.6 Å². The van der Waals surface area contributed by atoms with Crippen LogP contribution in [0.15, 0.2) is 24.3 Å². The second kappa shape index (κ2) is 11.6. The maximum Gasteiger partial charge on any atom is 0.309 e. The largest absolute Gasteiger partial charge is 0.493 e. The molecule has 2 rings (SSSR count). The van der Waals surface area contributed by atoms with Gasteiger partial charge in [-0.15, -0.1) is 0 Å². The number of benzene rings is 2. The van der Waals surface area contributed by atoms with Crippen molar-refractivity contribution < 1.29 is 46.1 Å². The van der Waals surface area contributed by atoms with Gasteiger partial charge in [0.15, 0.2) is 23.1 Å². The highest BCUT2D eigenvalue weighted by atomic mass is 19.2. The van der Waals surface area contributed by atoms with Crippen molar-refractivity contribution in [3.8, 4) is 11.5 Å². The van der Waals surface area contributed by atoms with Crippen molar-refractivity contribution in [3.63, 3.8) is 0 Å². The van der Waals surface area contributed by atoms with Crippen LogP contribution in [0.3, 0.4) is 0 Å². The van der Waals surface area contributed by atoms with E-state index in [9.17, 15) is 27.2 Å². The Hall–Kier alpha value is -3.30. The first-order valence-corrected chi connectivity index (χ1v) is 11.2. The molecule has 2 aromatic rings. The Bertz CT molecular complexity index is 1050. The Morgan fingerprint density at radius 2 is 1.28 bits per heavy atom. The molecule has 0 aromatic heterocycles. The van der Waals surface area contributed by atoms with Gasteiger partial charge >= 0.3 is 11.9 Å². The van der Waals surface area contributed by atoms with Crippen LogP contribution in [-0.4, -0.2) is 37.9 Å². The molecule has 0 fully saturated rings. The predicted molar refractivity (Wildman–Crippen MR) is 123 cm³/mol. The smallest absolute Gasteiger partial charge is 0.309 e. The van der Waals surface area contributed by atoms with Crippen LogP contribution in [0.5, 0.6) is 11.5 Å². The van der Waals surface area contributed by atoms with Crippen LogP contribution in [0.1, 0.15) is 58.1 Å². The van der Waals surface area contributed by atoms with Crippen LogP contribution in [0.2, 0.25) is 0 Å². The Kier molecular flexibility index (Phi) is 9.34. The molecular formula is C26H30F4O6. The molecule has 0 bridgehead atoms. The van der Waals surface area contributed by atoms with E-state index in [1.807, 2.05) is 0 Å². The summed E-state index contributed by atoms with van der Waals surface area (Å²) in [6.45, 7) is 7.95. The predicted octanol–water partition coefficient (Wildman–Crippen LogP) is 5.69. The minimum Gasteiger partial charge on any atom is -0.493 e. The zero-order valence-corrected chi connectivity index (χ0v) is 21.2. The summed E-state index contributed by atoms with van der Waals surface area (Å²) in [5.74, 6) is -9.49. The van der Waals surface area contributed by atoms with Gasteiger partial charge in [-0.05, 0) is 39.8 Å².